The highest BCUT2D eigenvalue weighted by Gasteiger charge is 2.03. The summed E-state index contributed by atoms with van der Waals surface area (Å²) in [7, 11) is 1.73. The van der Waals surface area contributed by atoms with Crippen molar-refractivity contribution in [3.05, 3.63) is 35.4 Å². The summed E-state index contributed by atoms with van der Waals surface area (Å²) in [6.45, 7) is 8.36. The standard InChI is InChI=1S/C15H25NO/c1-12(2)15-7-5-14(6-8-15)11-13(3)16-9-10-17-4/h5-8,12-13,16H,9-11H2,1-4H3. The van der Waals surface area contributed by atoms with Gasteiger partial charge < -0.3 is 10.1 Å². The van der Waals surface area contributed by atoms with Gasteiger partial charge >= 0.3 is 0 Å². The molecule has 2 heteroatoms. The van der Waals surface area contributed by atoms with E-state index in [1.54, 1.807) is 7.11 Å². The fourth-order valence-corrected chi connectivity index (χ4v) is 1.87. The van der Waals surface area contributed by atoms with Gasteiger partial charge in [-0.05, 0) is 30.4 Å². The van der Waals surface area contributed by atoms with E-state index in [2.05, 4.69) is 50.4 Å². The van der Waals surface area contributed by atoms with Gasteiger partial charge in [-0.2, -0.15) is 0 Å². The van der Waals surface area contributed by atoms with Crippen LogP contribution >= 0.6 is 0 Å². The second-order valence-electron chi connectivity index (χ2n) is 4.95. The molecule has 0 aliphatic carbocycles. The fraction of sp³-hybridized carbons (Fsp3) is 0.600. The molecule has 1 N–H and O–H groups in total. The van der Waals surface area contributed by atoms with Crippen LogP contribution in [0.1, 0.15) is 37.8 Å². The minimum Gasteiger partial charge on any atom is -0.383 e. The third-order valence-corrected chi connectivity index (χ3v) is 2.99. The SMILES string of the molecule is COCCNC(C)Cc1ccc(C(C)C)cc1. The third kappa shape index (κ3) is 5.33. The van der Waals surface area contributed by atoms with Crippen molar-refractivity contribution in [2.24, 2.45) is 0 Å². The Hall–Kier alpha value is -0.860. The molecule has 2 nitrogen and oxygen atoms in total. The first-order valence-corrected chi connectivity index (χ1v) is 6.44. The molecule has 0 saturated heterocycles. The van der Waals surface area contributed by atoms with Crippen LogP contribution in [0.3, 0.4) is 0 Å². The van der Waals surface area contributed by atoms with Crippen LogP contribution in [-0.2, 0) is 11.2 Å². The van der Waals surface area contributed by atoms with Crippen molar-refractivity contribution in [3.8, 4) is 0 Å². The Morgan fingerprint density at radius 1 is 1.12 bits per heavy atom. The van der Waals surface area contributed by atoms with E-state index in [1.807, 2.05) is 0 Å². The van der Waals surface area contributed by atoms with E-state index < -0.39 is 0 Å². The van der Waals surface area contributed by atoms with E-state index in [9.17, 15) is 0 Å². The summed E-state index contributed by atoms with van der Waals surface area (Å²) < 4.78 is 5.02. The van der Waals surface area contributed by atoms with Crippen LogP contribution in [0, 0.1) is 0 Å². The van der Waals surface area contributed by atoms with E-state index in [0.29, 0.717) is 12.0 Å². The topological polar surface area (TPSA) is 21.3 Å². The molecule has 1 rings (SSSR count). The zero-order valence-corrected chi connectivity index (χ0v) is 11.5. The van der Waals surface area contributed by atoms with Crippen LogP contribution in [0.15, 0.2) is 24.3 Å². The molecule has 17 heavy (non-hydrogen) atoms. The van der Waals surface area contributed by atoms with E-state index >= 15 is 0 Å². The van der Waals surface area contributed by atoms with Gasteiger partial charge in [-0.1, -0.05) is 38.1 Å². The summed E-state index contributed by atoms with van der Waals surface area (Å²) in [5.41, 5.74) is 2.81. The summed E-state index contributed by atoms with van der Waals surface area (Å²) in [5.74, 6) is 0.612. The van der Waals surface area contributed by atoms with Gasteiger partial charge in [-0.15, -0.1) is 0 Å². The number of nitrogens with one attached hydrogen (secondary N) is 1. The summed E-state index contributed by atoms with van der Waals surface area (Å²) >= 11 is 0. The monoisotopic (exact) mass is 235 g/mol. The smallest absolute Gasteiger partial charge is 0.0587 e. The molecule has 0 heterocycles. The van der Waals surface area contributed by atoms with Crippen molar-refractivity contribution in [1.29, 1.82) is 0 Å². The van der Waals surface area contributed by atoms with Gasteiger partial charge in [-0.25, -0.2) is 0 Å². The Labute approximate surface area is 105 Å². The maximum absolute atomic E-state index is 5.02. The Morgan fingerprint density at radius 3 is 2.29 bits per heavy atom. The number of ether oxygens (including phenoxy) is 1. The first kappa shape index (κ1) is 14.2. The predicted molar refractivity (Wildman–Crippen MR) is 73.6 cm³/mol. The molecule has 1 atom stereocenters. The Morgan fingerprint density at radius 2 is 1.76 bits per heavy atom. The van der Waals surface area contributed by atoms with E-state index in [-0.39, 0.29) is 0 Å². The Kier molecular flexibility index (Phi) is 6.23. The van der Waals surface area contributed by atoms with E-state index in [1.165, 1.54) is 11.1 Å². The number of rotatable bonds is 7. The molecule has 0 aromatic heterocycles. The lowest BCUT2D eigenvalue weighted by molar-refractivity contribution is 0.196. The lowest BCUT2D eigenvalue weighted by atomic mass is 9.99. The highest BCUT2D eigenvalue weighted by molar-refractivity contribution is 5.25. The van der Waals surface area contributed by atoms with Crippen molar-refractivity contribution < 1.29 is 4.74 Å². The zero-order chi connectivity index (χ0) is 12.7. The van der Waals surface area contributed by atoms with Crippen LogP contribution in [0.5, 0.6) is 0 Å². The first-order valence-electron chi connectivity index (χ1n) is 6.44. The van der Waals surface area contributed by atoms with Crippen molar-refractivity contribution >= 4 is 0 Å². The van der Waals surface area contributed by atoms with Gasteiger partial charge in [0.15, 0.2) is 0 Å². The highest BCUT2D eigenvalue weighted by atomic mass is 16.5. The van der Waals surface area contributed by atoms with Crippen LogP contribution < -0.4 is 5.32 Å². The molecule has 0 amide bonds. The van der Waals surface area contributed by atoms with Gasteiger partial charge in [0.2, 0.25) is 0 Å². The molecule has 0 bridgehead atoms. The maximum Gasteiger partial charge on any atom is 0.0587 e. The zero-order valence-electron chi connectivity index (χ0n) is 11.5. The molecule has 1 aromatic rings. The highest BCUT2D eigenvalue weighted by Crippen LogP contribution is 2.15. The van der Waals surface area contributed by atoms with Crippen molar-refractivity contribution in [3.63, 3.8) is 0 Å². The predicted octanol–water partition coefficient (Wildman–Crippen LogP) is 2.98. The lowest BCUT2D eigenvalue weighted by Crippen LogP contribution is -2.30. The molecule has 0 fully saturated rings. The first-order chi connectivity index (χ1) is 8.13. The average molecular weight is 235 g/mol. The summed E-state index contributed by atoms with van der Waals surface area (Å²) in [5, 5.41) is 3.44. The Balaban J connectivity index is 2.40. The fourth-order valence-electron chi connectivity index (χ4n) is 1.87. The van der Waals surface area contributed by atoms with Crippen LogP contribution in [0.2, 0.25) is 0 Å². The molecule has 0 radical (unpaired) electrons. The summed E-state index contributed by atoms with van der Waals surface area (Å²) in [4.78, 5) is 0. The molecular formula is C15H25NO. The number of methoxy groups -OCH3 is 1. The minimum atomic E-state index is 0.495. The number of benzene rings is 1. The van der Waals surface area contributed by atoms with Gasteiger partial charge in [0, 0.05) is 19.7 Å². The third-order valence-electron chi connectivity index (χ3n) is 2.99. The quantitative estimate of drug-likeness (QED) is 0.734. The largest absolute Gasteiger partial charge is 0.383 e. The maximum atomic E-state index is 5.02. The second kappa shape index (κ2) is 7.46. The summed E-state index contributed by atoms with van der Waals surface area (Å²) in [6, 6.07) is 9.45. The van der Waals surface area contributed by atoms with Crippen LogP contribution in [0.4, 0.5) is 0 Å². The van der Waals surface area contributed by atoms with E-state index in [0.717, 1.165) is 19.6 Å². The lowest BCUT2D eigenvalue weighted by Gasteiger charge is -2.14. The van der Waals surface area contributed by atoms with Gasteiger partial charge in [-0.3, -0.25) is 0 Å². The minimum absolute atomic E-state index is 0.495. The Bertz CT molecular complexity index is 305. The molecule has 0 aliphatic rings. The van der Waals surface area contributed by atoms with Gasteiger partial charge in [0.1, 0.15) is 0 Å². The van der Waals surface area contributed by atoms with Crippen molar-refractivity contribution in [2.75, 3.05) is 20.3 Å². The van der Waals surface area contributed by atoms with E-state index in [4.69, 9.17) is 4.74 Å². The number of hydrogen-bond donors (Lipinski definition) is 1. The molecule has 0 aliphatic heterocycles. The molecular weight excluding hydrogens is 210 g/mol. The summed E-state index contributed by atoms with van der Waals surface area (Å²) in [6.07, 6.45) is 1.07. The molecule has 96 valence electrons. The van der Waals surface area contributed by atoms with Crippen LogP contribution in [-0.4, -0.2) is 26.3 Å². The molecule has 0 spiro atoms. The van der Waals surface area contributed by atoms with Crippen LogP contribution in [0.25, 0.3) is 0 Å². The second-order valence-corrected chi connectivity index (χ2v) is 4.95. The number of hydrogen-bond acceptors (Lipinski definition) is 2. The van der Waals surface area contributed by atoms with Crippen molar-refractivity contribution in [2.45, 2.75) is 39.2 Å². The molecule has 1 aromatic carbocycles. The van der Waals surface area contributed by atoms with Gasteiger partial charge in [0.25, 0.3) is 0 Å². The molecule has 1 unspecified atom stereocenters. The molecule has 0 saturated carbocycles. The average Bonchev–Trinajstić information content (AvgIpc) is 2.30. The van der Waals surface area contributed by atoms with Gasteiger partial charge in [0.05, 0.1) is 6.61 Å². The normalized spacial score (nSPS) is 13.0. The van der Waals surface area contributed by atoms with Crippen molar-refractivity contribution in [1.82, 2.24) is 5.32 Å².